The van der Waals surface area contributed by atoms with Gasteiger partial charge in [-0.05, 0) is 26.3 Å². The minimum Gasteiger partial charge on any atom is -0.750 e. The Balaban J connectivity index is 3.11. The van der Waals surface area contributed by atoms with E-state index in [-0.39, 0.29) is 6.61 Å². The van der Waals surface area contributed by atoms with Crippen molar-refractivity contribution in [1.82, 2.24) is 5.32 Å². The molecule has 0 saturated carbocycles. The van der Waals surface area contributed by atoms with Crippen molar-refractivity contribution in [1.29, 1.82) is 0 Å². The molecule has 0 radical (unpaired) electrons. The quantitative estimate of drug-likeness (QED) is 0.477. The molecule has 80 valence electrons. The van der Waals surface area contributed by atoms with Crippen molar-refractivity contribution in [2.24, 2.45) is 0 Å². The molecule has 0 aliphatic heterocycles. The molecule has 0 heterocycles. The van der Waals surface area contributed by atoms with Crippen LogP contribution in [0.5, 0.6) is 0 Å². The monoisotopic (exact) mass is 208 g/mol. The molecule has 0 spiro atoms. The van der Waals surface area contributed by atoms with Gasteiger partial charge in [0.1, 0.15) is 0 Å². The first kappa shape index (κ1) is 13.0. The lowest BCUT2D eigenvalue weighted by molar-refractivity contribution is 0.291. The second-order valence-corrected chi connectivity index (χ2v) is 3.67. The van der Waals surface area contributed by atoms with E-state index in [1.165, 1.54) is 0 Å². The van der Waals surface area contributed by atoms with Gasteiger partial charge >= 0.3 is 0 Å². The zero-order valence-electron chi connectivity index (χ0n) is 8.25. The Labute approximate surface area is 82.5 Å². The van der Waals surface area contributed by atoms with E-state index in [0.29, 0.717) is 6.04 Å². The van der Waals surface area contributed by atoms with Crippen molar-refractivity contribution in [3.05, 3.63) is 0 Å². The molecule has 0 rings (SSSR count). The van der Waals surface area contributed by atoms with E-state index in [1.54, 1.807) is 0 Å². The van der Waals surface area contributed by atoms with Crippen LogP contribution in [0.3, 0.4) is 0 Å². The SMILES string of the molecule is CCCC(C)NCCCOS(=O)[O-]. The molecule has 0 aliphatic carbocycles. The molecule has 2 unspecified atom stereocenters. The van der Waals surface area contributed by atoms with E-state index in [1.807, 2.05) is 0 Å². The summed E-state index contributed by atoms with van der Waals surface area (Å²) in [6.45, 7) is 5.33. The largest absolute Gasteiger partial charge is 0.750 e. The van der Waals surface area contributed by atoms with Gasteiger partial charge < -0.3 is 14.1 Å². The Morgan fingerprint density at radius 1 is 1.62 bits per heavy atom. The van der Waals surface area contributed by atoms with Crippen molar-refractivity contribution in [2.45, 2.75) is 39.2 Å². The summed E-state index contributed by atoms with van der Waals surface area (Å²) in [5.41, 5.74) is 0. The van der Waals surface area contributed by atoms with Gasteiger partial charge in [-0.2, -0.15) is 0 Å². The third-order valence-electron chi connectivity index (χ3n) is 1.72. The van der Waals surface area contributed by atoms with E-state index in [9.17, 15) is 8.76 Å². The molecule has 0 amide bonds. The zero-order chi connectivity index (χ0) is 10.1. The van der Waals surface area contributed by atoms with Gasteiger partial charge in [0.2, 0.25) is 0 Å². The first-order valence-electron chi connectivity index (χ1n) is 4.62. The molecule has 0 aromatic rings. The Morgan fingerprint density at radius 3 is 2.85 bits per heavy atom. The second kappa shape index (κ2) is 8.62. The molecule has 0 fully saturated rings. The van der Waals surface area contributed by atoms with Crippen molar-refractivity contribution in [3.8, 4) is 0 Å². The molecule has 13 heavy (non-hydrogen) atoms. The normalized spacial score (nSPS) is 15.6. The van der Waals surface area contributed by atoms with E-state index in [0.717, 1.165) is 25.8 Å². The van der Waals surface area contributed by atoms with Gasteiger partial charge in [-0.1, -0.05) is 13.3 Å². The number of nitrogens with one attached hydrogen (secondary N) is 1. The van der Waals surface area contributed by atoms with Gasteiger partial charge in [-0.25, -0.2) is 4.21 Å². The molecule has 0 bridgehead atoms. The Kier molecular flexibility index (Phi) is 8.64. The average molecular weight is 208 g/mol. The van der Waals surface area contributed by atoms with Crippen LogP contribution in [0.2, 0.25) is 0 Å². The lowest BCUT2D eigenvalue weighted by Gasteiger charge is -2.12. The van der Waals surface area contributed by atoms with Crippen LogP contribution in [0, 0.1) is 0 Å². The van der Waals surface area contributed by atoms with Crippen molar-refractivity contribution >= 4 is 11.4 Å². The molecular weight excluding hydrogens is 190 g/mol. The maximum Gasteiger partial charge on any atom is 0.0842 e. The van der Waals surface area contributed by atoms with Crippen LogP contribution < -0.4 is 5.32 Å². The highest BCUT2D eigenvalue weighted by atomic mass is 32.2. The predicted molar refractivity (Wildman–Crippen MR) is 51.9 cm³/mol. The highest BCUT2D eigenvalue weighted by Gasteiger charge is 1.97. The van der Waals surface area contributed by atoms with Gasteiger partial charge in [0, 0.05) is 6.04 Å². The van der Waals surface area contributed by atoms with Gasteiger partial charge in [0.05, 0.1) is 18.0 Å². The van der Waals surface area contributed by atoms with Crippen LogP contribution in [0.25, 0.3) is 0 Å². The Bertz CT molecular complexity index is 143. The Hall–Kier alpha value is 0.0300. The number of rotatable bonds is 8. The van der Waals surface area contributed by atoms with Gasteiger partial charge in [-0.3, -0.25) is 0 Å². The van der Waals surface area contributed by atoms with Crippen LogP contribution in [-0.4, -0.2) is 28.0 Å². The lowest BCUT2D eigenvalue weighted by atomic mass is 10.2. The fraction of sp³-hybridized carbons (Fsp3) is 1.00. The summed E-state index contributed by atoms with van der Waals surface area (Å²) >= 11 is -2.36. The fourth-order valence-corrected chi connectivity index (χ4v) is 1.34. The third kappa shape index (κ3) is 9.95. The molecule has 0 aromatic carbocycles. The predicted octanol–water partition coefficient (Wildman–Crippen LogP) is 0.965. The van der Waals surface area contributed by atoms with E-state index in [2.05, 4.69) is 23.3 Å². The van der Waals surface area contributed by atoms with Crippen LogP contribution in [0.1, 0.15) is 33.1 Å². The van der Waals surface area contributed by atoms with Crippen LogP contribution in [-0.2, 0) is 15.5 Å². The molecular formula is C8H18NO3S-. The highest BCUT2D eigenvalue weighted by molar-refractivity contribution is 7.74. The third-order valence-corrected chi connectivity index (χ3v) is 2.07. The van der Waals surface area contributed by atoms with Crippen molar-refractivity contribution in [2.75, 3.05) is 13.2 Å². The van der Waals surface area contributed by atoms with Gasteiger partial charge in [0.25, 0.3) is 0 Å². The van der Waals surface area contributed by atoms with Crippen LogP contribution in [0.4, 0.5) is 0 Å². The number of hydrogen-bond donors (Lipinski definition) is 1. The first-order chi connectivity index (χ1) is 6.16. The lowest BCUT2D eigenvalue weighted by Crippen LogP contribution is -2.27. The maximum atomic E-state index is 9.96. The molecule has 1 N–H and O–H groups in total. The van der Waals surface area contributed by atoms with Crippen molar-refractivity contribution in [3.63, 3.8) is 0 Å². The fourth-order valence-electron chi connectivity index (χ4n) is 1.08. The van der Waals surface area contributed by atoms with Crippen LogP contribution in [0.15, 0.2) is 0 Å². The second-order valence-electron chi connectivity index (χ2n) is 3.02. The maximum absolute atomic E-state index is 9.96. The molecule has 0 aliphatic rings. The smallest absolute Gasteiger partial charge is 0.0842 e. The van der Waals surface area contributed by atoms with Gasteiger partial charge in [0.15, 0.2) is 0 Å². The van der Waals surface area contributed by atoms with Crippen LogP contribution >= 0.6 is 0 Å². The highest BCUT2D eigenvalue weighted by Crippen LogP contribution is 1.94. The van der Waals surface area contributed by atoms with Gasteiger partial charge in [-0.15, -0.1) is 0 Å². The summed E-state index contributed by atoms with van der Waals surface area (Å²) < 4.78 is 24.3. The molecule has 0 aromatic heterocycles. The minimum atomic E-state index is -2.36. The topological polar surface area (TPSA) is 61.4 Å². The van der Waals surface area contributed by atoms with E-state index >= 15 is 0 Å². The summed E-state index contributed by atoms with van der Waals surface area (Å²) in [5, 5.41) is 3.28. The standard InChI is InChI=1S/C8H19NO3S/c1-3-5-8(2)9-6-4-7-12-13(10)11/h8-9H,3-7H2,1-2H3,(H,10,11)/p-1. The first-order valence-corrected chi connectivity index (χ1v) is 5.62. The summed E-state index contributed by atoms with van der Waals surface area (Å²) in [6.07, 6.45) is 3.03. The molecule has 0 saturated heterocycles. The summed E-state index contributed by atoms with van der Waals surface area (Å²) in [5.74, 6) is 0. The minimum absolute atomic E-state index is 0.266. The molecule has 2 atom stereocenters. The summed E-state index contributed by atoms with van der Waals surface area (Å²) in [4.78, 5) is 0. The molecule has 4 nitrogen and oxygen atoms in total. The molecule has 5 heteroatoms. The summed E-state index contributed by atoms with van der Waals surface area (Å²) in [7, 11) is 0. The van der Waals surface area contributed by atoms with E-state index in [4.69, 9.17) is 0 Å². The Morgan fingerprint density at radius 2 is 2.31 bits per heavy atom. The average Bonchev–Trinajstić information content (AvgIpc) is 2.03. The van der Waals surface area contributed by atoms with Crippen molar-refractivity contribution < 1.29 is 12.9 Å². The summed E-state index contributed by atoms with van der Waals surface area (Å²) in [6, 6.07) is 0.503. The number of hydrogen-bond acceptors (Lipinski definition) is 4. The van der Waals surface area contributed by atoms with E-state index < -0.39 is 11.4 Å². The zero-order valence-corrected chi connectivity index (χ0v) is 9.06.